The van der Waals surface area contributed by atoms with Crippen LogP contribution in [0.1, 0.15) is 64.5 Å². The van der Waals surface area contributed by atoms with Crippen LogP contribution < -0.4 is 11.1 Å². The number of aromatic hydroxyl groups is 1. The summed E-state index contributed by atoms with van der Waals surface area (Å²) in [5.41, 5.74) is 5.28. The molecule has 3 unspecified atom stereocenters. The second kappa shape index (κ2) is 10.3. The molecule has 1 aliphatic rings. The number of nitrogens with zero attached hydrogens (tertiary/aromatic N) is 1. The molecule has 1 saturated heterocycles. The second-order valence-corrected chi connectivity index (χ2v) is 8.64. The molecule has 7 heteroatoms. The summed E-state index contributed by atoms with van der Waals surface area (Å²) in [6.45, 7) is 9.91. The van der Waals surface area contributed by atoms with Gasteiger partial charge in [0.25, 0.3) is 0 Å². The summed E-state index contributed by atoms with van der Waals surface area (Å²) in [7, 11) is 0. The van der Waals surface area contributed by atoms with E-state index in [2.05, 4.69) is 5.32 Å². The molecule has 0 radical (unpaired) electrons. The minimum Gasteiger partial charge on any atom is -0.508 e. The van der Waals surface area contributed by atoms with Crippen LogP contribution in [0.15, 0.2) is 42.1 Å². The van der Waals surface area contributed by atoms with E-state index < -0.39 is 23.0 Å². The van der Waals surface area contributed by atoms with Crippen molar-refractivity contribution in [3.63, 3.8) is 0 Å². The second-order valence-electron chi connectivity index (χ2n) is 8.64. The third-order valence-corrected chi connectivity index (χ3v) is 6.73. The van der Waals surface area contributed by atoms with Gasteiger partial charge in [-0.1, -0.05) is 31.6 Å². The van der Waals surface area contributed by atoms with Gasteiger partial charge in [0.2, 0.25) is 5.91 Å². The third kappa shape index (κ3) is 4.59. The van der Waals surface area contributed by atoms with E-state index in [-0.39, 0.29) is 18.2 Å². The highest BCUT2D eigenvalue weighted by Crippen LogP contribution is 2.50. The Bertz CT molecular complexity index is 910. The summed E-state index contributed by atoms with van der Waals surface area (Å²) in [4.78, 5) is 26.9. The summed E-state index contributed by atoms with van der Waals surface area (Å²) < 4.78 is 0. The molecule has 3 atom stereocenters. The first-order chi connectivity index (χ1) is 15.1. The summed E-state index contributed by atoms with van der Waals surface area (Å²) in [6, 6.07) is 3.85. The maximum Gasteiger partial charge on any atom is 0.326 e. The van der Waals surface area contributed by atoms with E-state index in [1.54, 1.807) is 50.3 Å². The number of urea groups is 1. The number of carbonyl (C=O) groups is 2. The number of allylic oxidation sites excluding steroid dienone is 3. The molecule has 0 saturated carbocycles. The highest BCUT2D eigenvalue weighted by Gasteiger charge is 2.57. The zero-order chi connectivity index (χ0) is 24.1. The topological polar surface area (TPSA) is 116 Å². The molecule has 7 nitrogen and oxygen atoms in total. The van der Waals surface area contributed by atoms with E-state index in [0.717, 1.165) is 10.5 Å². The number of rotatable bonds is 7. The lowest BCUT2D eigenvalue weighted by atomic mass is 9.56. The Kier molecular flexibility index (Phi) is 8.26. The molecule has 1 heterocycles. The number of imide groups is 1. The molecule has 5 N–H and O–H groups in total. The Morgan fingerprint density at radius 3 is 2.59 bits per heavy atom. The first kappa shape index (κ1) is 25.6. The zero-order valence-electron chi connectivity index (χ0n) is 19.8. The fourth-order valence-corrected chi connectivity index (χ4v) is 5.17. The van der Waals surface area contributed by atoms with Crippen molar-refractivity contribution in [1.29, 1.82) is 0 Å². The molecule has 2 rings (SSSR count). The van der Waals surface area contributed by atoms with E-state index in [0.29, 0.717) is 37.1 Å². The van der Waals surface area contributed by atoms with E-state index >= 15 is 0 Å². The first-order valence-electron chi connectivity index (χ1n) is 11.2. The average Bonchev–Trinajstić information content (AvgIpc) is 2.73. The third-order valence-electron chi connectivity index (χ3n) is 6.73. The van der Waals surface area contributed by atoms with Gasteiger partial charge in [0.05, 0.1) is 5.60 Å². The lowest BCUT2D eigenvalue weighted by Crippen LogP contribution is -2.68. The van der Waals surface area contributed by atoms with Gasteiger partial charge in [0, 0.05) is 23.6 Å². The van der Waals surface area contributed by atoms with Gasteiger partial charge in [-0.25, -0.2) is 9.69 Å². The van der Waals surface area contributed by atoms with Gasteiger partial charge in [-0.05, 0) is 76.4 Å². The van der Waals surface area contributed by atoms with Crippen LogP contribution >= 0.6 is 0 Å². The molecule has 0 aromatic heterocycles. The summed E-state index contributed by atoms with van der Waals surface area (Å²) in [5.74, 6) is -0.424. The van der Waals surface area contributed by atoms with Gasteiger partial charge in [-0.2, -0.15) is 0 Å². The van der Waals surface area contributed by atoms with E-state index in [9.17, 15) is 19.8 Å². The lowest BCUT2D eigenvalue weighted by Gasteiger charge is -2.55. The Morgan fingerprint density at radius 2 is 2.03 bits per heavy atom. The molecule has 1 aromatic rings. The quantitative estimate of drug-likeness (QED) is 0.480. The van der Waals surface area contributed by atoms with Crippen molar-refractivity contribution in [3.8, 4) is 5.75 Å². The smallest absolute Gasteiger partial charge is 0.326 e. The van der Waals surface area contributed by atoms with Gasteiger partial charge in [-0.15, -0.1) is 0 Å². The SMILES string of the molecule is C/C=C\C(=C/C)N(C(N)=O)C(=O)CC1(c2cc(O)ccc2C)CCNC(C)C1(O)CCC. The highest BCUT2D eigenvalue weighted by atomic mass is 16.3. The molecule has 176 valence electrons. The lowest BCUT2D eigenvalue weighted by molar-refractivity contribution is -0.138. The van der Waals surface area contributed by atoms with Crippen molar-refractivity contribution >= 4 is 11.9 Å². The Balaban J connectivity index is 2.73. The van der Waals surface area contributed by atoms with Crippen LogP contribution in [0, 0.1) is 6.92 Å². The van der Waals surface area contributed by atoms with Crippen LogP contribution in [0.4, 0.5) is 4.79 Å². The van der Waals surface area contributed by atoms with Gasteiger partial charge in [-0.3, -0.25) is 4.79 Å². The average molecular weight is 444 g/mol. The fourth-order valence-electron chi connectivity index (χ4n) is 5.17. The Morgan fingerprint density at radius 1 is 1.34 bits per heavy atom. The van der Waals surface area contributed by atoms with Gasteiger partial charge in [0.1, 0.15) is 5.75 Å². The molecule has 1 fully saturated rings. The maximum absolute atomic E-state index is 13.7. The Hall–Kier alpha value is -2.64. The number of benzene rings is 1. The van der Waals surface area contributed by atoms with Crippen molar-refractivity contribution < 1.29 is 19.8 Å². The van der Waals surface area contributed by atoms with Crippen LogP contribution in [-0.4, -0.2) is 45.2 Å². The molecular weight excluding hydrogens is 406 g/mol. The fraction of sp³-hybridized carbons (Fsp3) is 0.520. The molecule has 1 aliphatic heterocycles. The van der Waals surface area contributed by atoms with Crippen molar-refractivity contribution in [2.24, 2.45) is 5.73 Å². The van der Waals surface area contributed by atoms with Crippen molar-refractivity contribution in [2.45, 2.75) is 77.4 Å². The number of carbonyl (C=O) groups excluding carboxylic acids is 2. The number of piperidine rings is 1. The number of nitrogens with one attached hydrogen (secondary N) is 1. The molecular formula is C25H37N3O4. The molecule has 0 bridgehead atoms. The van der Waals surface area contributed by atoms with Gasteiger partial charge < -0.3 is 21.3 Å². The number of aliphatic hydroxyl groups is 1. The van der Waals surface area contributed by atoms with Crippen LogP contribution in [0.5, 0.6) is 5.75 Å². The standard InChI is InChI=1S/C25H37N3O4/c1-6-9-19(8-3)28(23(26)31)22(30)16-24(21-15-20(29)11-10-17(21)4)13-14-27-18(5)25(24,32)12-7-2/h6,8-11,15,18,27,29,32H,7,12-14,16H2,1-5H3,(H2,26,31)/b9-6-,19-8+. The largest absolute Gasteiger partial charge is 0.508 e. The summed E-state index contributed by atoms with van der Waals surface area (Å²) >= 11 is 0. The molecule has 0 aliphatic carbocycles. The minimum absolute atomic E-state index is 0.0669. The van der Waals surface area contributed by atoms with Crippen molar-refractivity contribution in [1.82, 2.24) is 10.2 Å². The highest BCUT2D eigenvalue weighted by molar-refractivity contribution is 5.97. The number of primary amides is 1. The number of phenolic OH excluding ortho intramolecular Hbond substituents is 1. The van der Waals surface area contributed by atoms with E-state index in [1.165, 1.54) is 0 Å². The Labute approximate surface area is 191 Å². The van der Waals surface area contributed by atoms with E-state index in [1.807, 2.05) is 20.8 Å². The van der Waals surface area contributed by atoms with Crippen LogP contribution in [0.2, 0.25) is 0 Å². The van der Waals surface area contributed by atoms with Crippen LogP contribution in [-0.2, 0) is 10.2 Å². The molecule has 0 spiro atoms. The zero-order valence-corrected chi connectivity index (χ0v) is 19.8. The molecule has 32 heavy (non-hydrogen) atoms. The van der Waals surface area contributed by atoms with Crippen molar-refractivity contribution in [2.75, 3.05) is 6.54 Å². The minimum atomic E-state index is -1.28. The van der Waals surface area contributed by atoms with Crippen molar-refractivity contribution in [3.05, 3.63) is 53.3 Å². The maximum atomic E-state index is 13.7. The summed E-state index contributed by atoms with van der Waals surface area (Å²) in [6.07, 6.45) is 6.52. The molecule has 3 amide bonds. The monoisotopic (exact) mass is 443 g/mol. The van der Waals surface area contributed by atoms with Gasteiger partial charge in [0.15, 0.2) is 0 Å². The number of nitrogens with two attached hydrogens (primary N) is 1. The van der Waals surface area contributed by atoms with Crippen LogP contribution in [0.3, 0.4) is 0 Å². The van der Waals surface area contributed by atoms with Gasteiger partial charge >= 0.3 is 6.03 Å². The van der Waals surface area contributed by atoms with E-state index in [4.69, 9.17) is 5.73 Å². The predicted octanol–water partition coefficient (Wildman–Crippen LogP) is 3.63. The molecule has 1 aromatic carbocycles. The number of phenols is 1. The number of aryl methyl sites for hydroxylation is 1. The number of hydrogen-bond donors (Lipinski definition) is 4. The first-order valence-corrected chi connectivity index (χ1v) is 11.2. The summed E-state index contributed by atoms with van der Waals surface area (Å²) in [5, 5.41) is 25.8. The van der Waals surface area contributed by atoms with Crippen LogP contribution in [0.25, 0.3) is 0 Å². The predicted molar refractivity (Wildman–Crippen MR) is 126 cm³/mol. The normalized spacial score (nSPS) is 26.3. The number of hydrogen-bond acceptors (Lipinski definition) is 5. The number of amides is 3.